The van der Waals surface area contributed by atoms with Crippen molar-refractivity contribution in [3.63, 3.8) is 0 Å². The Morgan fingerprint density at radius 3 is 1.91 bits per heavy atom. The van der Waals surface area contributed by atoms with Crippen LogP contribution >= 0.6 is 0 Å². The van der Waals surface area contributed by atoms with Crippen LogP contribution in [0.1, 0.15) is 27.7 Å². The maximum Gasteiger partial charge on any atom is 0.126 e. The molecule has 0 aliphatic carbocycles. The molecule has 2 nitrogen and oxygen atoms in total. The van der Waals surface area contributed by atoms with E-state index in [2.05, 4.69) is 11.6 Å². The van der Waals surface area contributed by atoms with E-state index < -0.39 is 0 Å². The predicted octanol–water partition coefficient (Wildman–Crippen LogP) is 2.23. The zero-order valence-electron chi connectivity index (χ0n) is 7.73. The largest absolute Gasteiger partial charge is 0.383 e. The standard InChI is InChI=1S/C9H16N2/c1-6(2)8(5)9(10)11-7(3)4/h1,10H2,2-5H3/b9-8-. The van der Waals surface area contributed by atoms with Crippen LogP contribution in [0.3, 0.4) is 0 Å². The maximum absolute atomic E-state index is 5.65. The Hall–Kier alpha value is -1.05. The van der Waals surface area contributed by atoms with E-state index in [0.29, 0.717) is 5.82 Å². The molecule has 0 heterocycles. The van der Waals surface area contributed by atoms with Crippen molar-refractivity contribution in [3.8, 4) is 0 Å². The van der Waals surface area contributed by atoms with Gasteiger partial charge in [0.05, 0.1) is 0 Å². The minimum atomic E-state index is 0.567. The minimum Gasteiger partial charge on any atom is -0.383 e. The van der Waals surface area contributed by atoms with Crippen LogP contribution in [0.4, 0.5) is 0 Å². The van der Waals surface area contributed by atoms with E-state index in [-0.39, 0.29) is 0 Å². The van der Waals surface area contributed by atoms with E-state index in [1.165, 1.54) is 0 Å². The van der Waals surface area contributed by atoms with Crippen LogP contribution in [-0.4, -0.2) is 5.71 Å². The molecule has 0 radical (unpaired) electrons. The Balaban J connectivity index is 4.68. The van der Waals surface area contributed by atoms with Gasteiger partial charge in [0.2, 0.25) is 0 Å². The van der Waals surface area contributed by atoms with Gasteiger partial charge in [-0.25, -0.2) is 4.99 Å². The van der Waals surface area contributed by atoms with Gasteiger partial charge in [-0.05, 0) is 33.3 Å². The lowest BCUT2D eigenvalue weighted by atomic mass is 10.1. The molecule has 2 heteroatoms. The smallest absolute Gasteiger partial charge is 0.126 e. The summed E-state index contributed by atoms with van der Waals surface area (Å²) in [6.07, 6.45) is 0. The normalized spacial score (nSPS) is 12.0. The van der Waals surface area contributed by atoms with Gasteiger partial charge in [0, 0.05) is 5.71 Å². The lowest BCUT2D eigenvalue weighted by molar-refractivity contribution is 1.15. The molecule has 11 heavy (non-hydrogen) atoms. The third-order valence-electron chi connectivity index (χ3n) is 1.37. The van der Waals surface area contributed by atoms with Gasteiger partial charge in [-0.2, -0.15) is 0 Å². The van der Waals surface area contributed by atoms with Crippen molar-refractivity contribution in [2.24, 2.45) is 10.7 Å². The number of hydrogen-bond acceptors (Lipinski definition) is 2. The van der Waals surface area contributed by atoms with E-state index in [0.717, 1.165) is 16.9 Å². The third-order valence-corrected chi connectivity index (χ3v) is 1.37. The lowest BCUT2D eigenvalue weighted by Crippen LogP contribution is -2.00. The fraction of sp³-hybridized carbons (Fsp3) is 0.444. The Morgan fingerprint density at radius 2 is 1.64 bits per heavy atom. The van der Waals surface area contributed by atoms with Crippen LogP contribution in [-0.2, 0) is 0 Å². The first-order valence-electron chi connectivity index (χ1n) is 3.59. The Morgan fingerprint density at radius 1 is 1.18 bits per heavy atom. The molecule has 62 valence electrons. The molecule has 0 aromatic carbocycles. The van der Waals surface area contributed by atoms with Crippen molar-refractivity contribution < 1.29 is 0 Å². The molecule has 0 aromatic heterocycles. The van der Waals surface area contributed by atoms with Crippen molar-refractivity contribution in [1.29, 1.82) is 0 Å². The summed E-state index contributed by atoms with van der Waals surface area (Å²) in [7, 11) is 0. The molecule has 0 amide bonds. The molecule has 0 spiro atoms. The average Bonchev–Trinajstić information content (AvgIpc) is 1.84. The second-order valence-electron chi connectivity index (χ2n) is 2.85. The molecule has 0 unspecified atom stereocenters. The first-order valence-corrected chi connectivity index (χ1v) is 3.59. The molecular formula is C9H16N2. The summed E-state index contributed by atoms with van der Waals surface area (Å²) in [5.74, 6) is 0.567. The maximum atomic E-state index is 5.65. The van der Waals surface area contributed by atoms with Crippen molar-refractivity contribution >= 4 is 5.71 Å². The number of allylic oxidation sites excluding steroid dienone is 2. The molecule has 0 rings (SSSR count). The van der Waals surface area contributed by atoms with Gasteiger partial charge in [-0.15, -0.1) is 0 Å². The number of aliphatic imine (C=N–C) groups is 1. The highest BCUT2D eigenvalue weighted by atomic mass is 14.9. The van der Waals surface area contributed by atoms with Gasteiger partial charge < -0.3 is 5.73 Å². The second-order valence-corrected chi connectivity index (χ2v) is 2.85. The lowest BCUT2D eigenvalue weighted by Gasteiger charge is -2.01. The van der Waals surface area contributed by atoms with Gasteiger partial charge in [0.25, 0.3) is 0 Å². The van der Waals surface area contributed by atoms with Gasteiger partial charge in [0.15, 0.2) is 0 Å². The molecule has 2 N–H and O–H groups in total. The molecular weight excluding hydrogens is 136 g/mol. The van der Waals surface area contributed by atoms with Crippen molar-refractivity contribution in [2.45, 2.75) is 27.7 Å². The average molecular weight is 152 g/mol. The highest BCUT2D eigenvalue weighted by Gasteiger charge is 1.95. The molecule has 0 saturated heterocycles. The summed E-state index contributed by atoms with van der Waals surface area (Å²) in [6.45, 7) is 11.4. The topological polar surface area (TPSA) is 38.4 Å². The highest BCUT2D eigenvalue weighted by molar-refractivity contribution is 5.80. The summed E-state index contributed by atoms with van der Waals surface area (Å²) < 4.78 is 0. The molecule has 0 aromatic rings. The molecule has 0 bridgehead atoms. The number of nitrogens with two attached hydrogens (primary N) is 1. The second kappa shape index (κ2) is 3.96. The minimum absolute atomic E-state index is 0.567. The van der Waals surface area contributed by atoms with Crippen molar-refractivity contribution in [1.82, 2.24) is 0 Å². The van der Waals surface area contributed by atoms with E-state index in [4.69, 9.17) is 5.73 Å². The third kappa shape index (κ3) is 3.61. The Kier molecular flexibility index (Phi) is 3.58. The summed E-state index contributed by atoms with van der Waals surface area (Å²) in [5.41, 5.74) is 8.54. The van der Waals surface area contributed by atoms with E-state index in [1.807, 2.05) is 27.7 Å². The summed E-state index contributed by atoms with van der Waals surface area (Å²) in [4.78, 5) is 4.11. The van der Waals surface area contributed by atoms with Gasteiger partial charge in [-0.1, -0.05) is 12.2 Å². The van der Waals surface area contributed by atoms with Crippen LogP contribution in [0.25, 0.3) is 0 Å². The van der Waals surface area contributed by atoms with E-state index >= 15 is 0 Å². The summed E-state index contributed by atoms with van der Waals surface area (Å²) in [5, 5.41) is 0. The van der Waals surface area contributed by atoms with E-state index in [1.54, 1.807) is 0 Å². The van der Waals surface area contributed by atoms with E-state index in [9.17, 15) is 0 Å². The summed E-state index contributed by atoms with van der Waals surface area (Å²) in [6, 6.07) is 0. The predicted molar refractivity (Wildman–Crippen MR) is 50.5 cm³/mol. The first-order chi connectivity index (χ1) is 4.95. The molecule has 0 fully saturated rings. The van der Waals surface area contributed by atoms with Gasteiger partial charge in [-0.3, -0.25) is 0 Å². The summed E-state index contributed by atoms with van der Waals surface area (Å²) >= 11 is 0. The monoisotopic (exact) mass is 152 g/mol. The SMILES string of the molecule is C=C(C)/C(C)=C(/N)N=C(C)C. The van der Waals surface area contributed by atoms with Crippen LogP contribution < -0.4 is 5.73 Å². The van der Waals surface area contributed by atoms with Crippen molar-refractivity contribution in [2.75, 3.05) is 0 Å². The van der Waals surface area contributed by atoms with Gasteiger partial charge >= 0.3 is 0 Å². The zero-order valence-corrected chi connectivity index (χ0v) is 7.73. The van der Waals surface area contributed by atoms with Gasteiger partial charge in [0.1, 0.15) is 5.82 Å². The highest BCUT2D eigenvalue weighted by Crippen LogP contribution is 2.08. The fourth-order valence-electron chi connectivity index (χ4n) is 0.543. The number of rotatable bonds is 2. The quantitative estimate of drug-likeness (QED) is 0.478. The fourth-order valence-corrected chi connectivity index (χ4v) is 0.543. The number of hydrogen-bond donors (Lipinski definition) is 1. The Labute approximate surface area is 68.5 Å². The zero-order chi connectivity index (χ0) is 9.02. The molecule has 0 atom stereocenters. The van der Waals surface area contributed by atoms with Crippen LogP contribution in [0, 0.1) is 0 Å². The Bertz CT molecular complexity index is 218. The molecule has 0 saturated carbocycles. The van der Waals surface area contributed by atoms with Crippen LogP contribution in [0.5, 0.6) is 0 Å². The first kappa shape index (κ1) is 9.95. The number of nitrogens with zero attached hydrogens (tertiary/aromatic N) is 1. The van der Waals surface area contributed by atoms with Crippen LogP contribution in [0.2, 0.25) is 0 Å². The van der Waals surface area contributed by atoms with Crippen LogP contribution in [0.15, 0.2) is 28.5 Å². The molecule has 0 aliphatic rings. The molecule has 0 aliphatic heterocycles. The van der Waals surface area contributed by atoms with Crippen molar-refractivity contribution in [3.05, 3.63) is 23.5 Å².